The molecule has 0 radical (unpaired) electrons. The van der Waals surface area contributed by atoms with Crippen LogP contribution >= 0.6 is 0 Å². The molecular weight excluding hydrogens is 623 g/mol. The van der Waals surface area contributed by atoms with E-state index in [9.17, 15) is 10.2 Å². The van der Waals surface area contributed by atoms with Crippen LogP contribution in [0.5, 0.6) is 0 Å². The Hall–Kier alpha value is -4.80. The molecule has 3 nitrogen and oxygen atoms in total. The van der Waals surface area contributed by atoms with Crippen molar-refractivity contribution in [1.82, 2.24) is 4.90 Å². The summed E-state index contributed by atoms with van der Waals surface area (Å²) in [6.07, 6.45) is -0.427. The molecule has 0 aliphatic heterocycles. The highest BCUT2D eigenvalue weighted by molar-refractivity contribution is 5.52. The van der Waals surface area contributed by atoms with E-state index < -0.39 is 23.0 Å². The summed E-state index contributed by atoms with van der Waals surface area (Å²) in [5, 5.41) is 24.5. The van der Waals surface area contributed by atoms with Gasteiger partial charge in [-0.25, -0.2) is 0 Å². The Kier molecular flexibility index (Phi) is 11.3. The quantitative estimate of drug-likeness (QED) is 0.113. The van der Waals surface area contributed by atoms with Gasteiger partial charge >= 0.3 is 0 Å². The lowest BCUT2D eigenvalue weighted by atomic mass is 9.66. The van der Waals surface area contributed by atoms with E-state index in [2.05, 4.69) is 171 Å². The van der Waals surface area contributed by atoms with Crippen LogP contribution in [0, 0.1) is 0 Å². The molecule has 6 aromatic rings. The molecule has 0 heterocycles. The third kappa shape index (κ3) is 7.92. The molecule has 2 atom stereocenters. The lowest BCUT2D eigenvalue weighted by Crippen LogP contribution is -2.51. The average molecular weight is 674 g/mol. The van der Waals surface area contributed by atoms with Crippen LogP contribution in [0.4, 0.5) is 0 Å². The first-order valence-corrected chi connectivity index (χ1v) is 18.2. The molecule has 0 aliphatic rings. The number of aliphatic hydroxyl groups excluding tert-OH is 2. The zero-order chi connectivity index (χ0) is 35.7. The molecule has 0 fully saturated rings. The van der Waals surface area contributed by atoms with Gasteiger partial charge in [-0.3, -0.25) is 4.90 Å². The Labute approximate surface area is 304 Å². The highest BCUT2D eigenvalue weighted by atomic mass is 16.3. The van der Waals surface area contributed by atoms with E-state index in [1.54, 1.807) is 0 Å². The maximum Gasteiger partial charge on any atom is 0.0682 e. The summed E-state index contributed by atoms with van der Waals surface area (Å²) in [5.74, 6) is 0. The molecule has 3 heteroatoms. The molecular formula is C48H51NO2. The fourth-order valence-electron chi connectivity index (χ4n) is 8.01. The van der Waals surface area contributed by atoms with Crippen LogP contribution in [0.1, 0.15) is 67.0 Å². The average Bonchev–Trinajstić information content (AvgIpc) is 3.17. The molecule has 0 spiro atoms. The monoisotopic (exact) mass is 673 g/mol. The SMILES string of the molecule is CC(C)(C)N(C[C@@H](O)CC(c1ccccc1)(c1ccccc1)c1ccccc1)C[C@@H](O)CC(c1ccccc1)(c1ccccc1)c1ccccc1. The smallest absolute Gasteiger partial charge is 0.0682 e. The van der Waals surface area contributed by atoms with Gasteiger partial charge in [-0.05, 0) is 67.0 Å². The summed E-state index contributed by atoms with van der Waals surface area (Å²) >= 11 is 0. The first-order valence-electron chi connectivity index (χ1n) is 18.2. The van der Waals surface area contributed by atoms with Crippen molar-refractivity contribution in [2.45, 2.75) is 62.2 Å². The summed E-state index contributed by atoms with van der Waals surface area (Å²) < 4.78 is 0. The predicted octanol–water partition coefficient (Wildman–Crippen LogP) is 9.66. The van der Waals surface area contributed by atoms with Gasteiger partial charge in [-0.15, -0.1) is 0 Å². The highest BCUT2D eigenvalue weighted by Gasteiger charge is 2.41. The fourth-order valence-corrected chi connectivity index (χ4v) is 8.01. The van der Waals surface area contributed by atoms with Crippen molar-refractivity contribution < 1.29 is 10.2 Å². The first-order chi connectivity index (χ1) is 24.7. The van der Waals surface area contributed by atoms with E-state index in [-0.39, 0.29) is 5.54 Å². The van der Waals surface area contributed by atoms with Gasteiger partial charge in [0.2, 0.25) is 0 Å². The number of nitrogens with zero attached hydrogens (tertiary/aromatic N) is 1. The van der Waals surface area contributed by atoms with Crippen molar-refractivity contribution in [2.24, 2.45) is 0 Å². The van der Waals surface area contributed by atoms with E-state index in [4.69, 9.17) is 0 Å². The van der Waals surface area contributed by atoms with Crippen LogP contribution in [0.15, 0.2) is 182 Å². The lowest BCUT2D eigenvalue weighted by Gasteiger charge is -2.43. The Morgan fingerprint density at radius 2 is 0.569 bits per heavy atom. The summed E-state index contributed by atoms with van der Waals surface area (Å²) in [5.41, 5.74) is 5.38. The van der Waals surface area contributed by atoms with Crippen molar-refractivity contribution in [3.05, 3.63) is 215 Å². The third-order valence-corrected chi connectivity index (χ3v) is 10.5. The minimum Gasteiger partial charge on any atom is -0.392 e. The molecule has 6 rings (SSSR count). The zero-order valence-corrected chi connectivity index (χ0v) is 30.1. The van der Waals surface area contributed by atoms with Crippen LogP contribution < -0.4 is 0 Å². The zero-order valence-electron chi connectivity index (χ0n) is 30.1. The van der Waals surface area contributed by atoms with Crippen molar-refractivity contribution in [2.75, 3.05) is 13.1 Å². The Morgan fingerprint density at radius 3 is 0.745 bits per heavy atom. The van der Waals surface area contributed by atoms with E-state index in [1.807, 2.05) is 36.4 Å². The molecule has 260 valence electrons. The van der Waals surface area contributed by atoms with Gasteiger partial charge in [0.15, 0.2) is 0 Å². The van der Waals surface area contributed by atoms with Gasteiger partial charge in [-0.2, -0.15) is 0 Å². The minimum atomic E-state index is -0.695. The van der Waals surface area contributed by atoms with Gasteiger partial charge in [0.05, 0.1) is 12.2 Å². The van der Waals surface area contributed by atoms with E-state index in [1.165, 1.54) is 0 Å². The molecule has 0 saturated carbocycles. The number of benzene rings is 6. The van der Waals surface area contributed by atoms with E-state index in [0.29, 0.717) is 25.9 Å². The molecule has 51 heavy (non-hydrogen) atoms. The topological polar surface area (TPSA) is 43.7 Å². The molecule has 0 saturated heterocycles. The van der Waals surface area contributed by atoms with Gasteiger partial charge in [-0.1, -0.05) is 182 Å². The number of β-amino-alcohol motifs (C(OH)–C–C–N with tert-alkyl or cyclic N) is 2. The van der Waals surface area contributed by atoms with E-state index >= 15 is 0 Å². The summed E-state index contributed by atoms with van der Waals surface area (Å²) in [4.78, 5) is 2.26. The van der Waals surface area contributed by atoms with Crippen LogP contribution in [-0.2, 0) is 10.8 Å². The van der Waals surface area contributed by atoms with Crippen molar-refractivity contribution >= 4 is 0 Å². The molecule has 0 aliphatic carbocycles. The van der Waals surface area contributed by atoms with Gasteiger partial charge in [0.25, 0.3) is 0 Å². The molecule has 6 aromatic carbocycles. The first kappa shape index (κ1) is 36.0. The van der Waals surface area contributed by atoms with Crippen LogP contribution in [0.2, 0.25) is 0 Å². The Balaban J connectivity index is 1.35. The fraction of sp³-hybridized carbons (Fsp3) is 0.250. The number of rotatable bonds is 14. The second-order valence-electron chi connectivity index (χ2n) is 14.8. The molecule has 0 bridgehead atoms. The van der Waals surface area contributed by atoms with Crippen LogP contribution in [0.3, 0.4) is 0 Å². The second kappa shape index (κ2) is 16.0. The number of hydrogen-bond donors (Lipinski definition) is 2. The summed E-state index contributed by atoms with van der Waals surface area (Å²) in [6.45, 7) is 7.33. The van der Waals surface area contributed by atoms with Gasteiger partial charge < -0.3 is 10.2 Å². The third-order valence-electron chi connectivity index (χ3n) is 10.5. The Bertz CT molecular complexity index is 1560. The highest BCUT2D eigenvalue weighted by Crippen LogP contribution is 2.45. The second-order valence-corrected chi connectivity index (χ2v) is 14.8. The molecule has 0 aromatic heterocycles. The maximum absolute atomic E-state index is 12.3. The standard InChI is InChI=1S/C48H51NO2/c1-46(2,3)49(36-44(50)34-47(38-22-10-4-11-23-38,39-24-12-5-13-25-39)40-26-14-6-15-27-40)37-45(51)35-48(41-28-16-7-17-29-41,42-30-18-8-19-31-42)43-32-20-9-21-33-43/h4-33,44-45,50-51H,34-37H2,1-3H3/t44-,45-/m0/s1. The van der Waals surface area contributed by atoms with Crippen molar-refractivity contribution in [3.8, 4) is 0 Å². The predicted molar refractivity (Wildman–Crippen MR) is 211 cm³/mol. The Morgan fingerprint density at radius 1 is 0.373 bits per heavy atom. The lowest BCUT2D eigenvalue weighted by molar-refractivity contribution is 0.00925. The summed E-state index contributed by atoms with van der Waals surface area (Å²) in [6, 6.07) is 63.4. The van der Waals surface area contributed by atoms with E-state index in [0.717, 1.165) is 33.4 Å². The minimum absolute atomic E-state index is 0.314. The van der Waals surface area contributed by atoms with Crippen molar-refractivity contribution in [1.29, 1.82) is 0 Å². The molecule has 0 amide bonds. The normalized spacial score (nSPS) is 13.5. The maximum atomic E-state index is 12.3. The number of aliphatic hydroxyl groups is 2. The van der Waals surface area contributed by atoms with Crippen molar-refractivity contribution in [3.63, 3.8) is 0 Å². The molecule has 2 N–H and O–H groups in total. The molecule has 0 unspecified atom stereocenters. The van der Waals surface area contributed by atoms with Gasteiger partial charge in [0, 0.05) is 29.5 Å². The van der Waals surface area contributed by atoms with Crippen LogP contribution in [-0.4, -0.2) is 45.9 Å². The van der Waals surface area contributed by atoms with Gasteiger partial charge in [0.1, 0.15) is 0 Å². The van der Waals surface area contributed by atoms with Crippen LogP contribution in [0.25, 0.3) is 0 Å². The largest absolute Gasteiger partial charge is 0.392 e. The summed E-state index contributed by atoms with van der Waals surface area (Å²) in [7, 11) is 0. The number of hydrogen-bond acceptors (Lipinski definition) is 3.